The molecule has 27 heavy (non-hydrogen) atoms. The van der Waals surface area contributed by atoms with Crippen LogP contribution in [0.4, 0.5) is 5.82 Å². The number of amides is 1. The largest absolute Gasteiger partial charge is 0.493 e. The number of nitrogens with zero attached hydrogens (tertiary/aromatic N) is 3. The molecule has 0 atom stereocenters. The molecular weight excluding hydrogens is 362 g/mol. The molecule has 1 saturated heterocycles. The second-order valence-electron chi connectivity index (χ2n) is 5.81. The van der Waals surface area contributed by atoms with Crippen LogP contribution in [0.5, 0.6) is 11.5 Å². The number of methoxy groups -OCH3 is 2. The van der Waals surface area contributed by atoms with Crippen LogP contribution in [0.2, 0.25) is 0 Å². The minimum Gasteiger partial charge on any atom is -0.493 e. The molecule has 3 rings (SSSR count). The van der Waals surface area contributed by atoms with E-state index in [2.05, 4.69) is 9.98 Å². The van der Waals surface area contributed by atoms with Gasteiger partial charge in [-0.05, 0) is 61.5 Å². The fourth-order valence-electron chi connectivity index (χ4n) is 2.65. The second kappa shape index (κ2) is 8.26. The Morgan fingerprint density at radius 2 is 1.96 bits per heavy atom. The molecule has 1 aliphatic rings. The van der Waals surface area contributed by atoms with Crippen molar-refractivity contribution in [3.8, 4) is 11.5 Å². The number of thioether (sulfide) groups is 1. The molecule has 2 heterocycles. The van der Waals surface area contributed by atoms with Gasteiger partial charge in [0.15, 0.2) is 22.5 Å². The summed E-state index contributed by atoms with van der Waals surface area (Å²) < 4.78 is 10.6. The van der Waals surface area contributed by atoms with Crippen molar-refractivity contribution >= 4 is 34.7 Å². The highest BCUT2D eigenvalue weighted by atomic mass is 32.2. The first-order valence-electron chi connectivity index (χ1n) is 8.51. The predicted molar refractivity (Wildman–Crippen MR) is 109 cm³/mol. The van der Waals surface area contributed by atoms with E-state index in [0.717, 1.165) is 11.3 Å². The number of aliphatic imine (C=N–C) groups is 1. The molecule has 1 aromatic carbocycles. The van der Waals surface area contributed by atoms with Gasteiger partial charge in [0.2, 0.25) is 0 Å². The zero-order valence-corrected chi connectivity index (χ0v) is 16.5. The summed E-state index contributed by atoms with van der Waals surface area (Å²) in [5.41, 5.74) is 1.74. The normalized spacial score (nSPS) is 17.0. The summed E-state index contributed by atoms with van der Waals surface area (Å²) in [5, 5.41) is 0.632. The number of rotatable bonds is 5. The standard InChI is InChI=1S/C20H21N3O3S/c1-5-23-19(24)17(12-14-9-10-15(25-3)16(11-14)26-4)27-20(23)22-18-8-6-7-13(2)21-18/h6-12H,5H2,1-4H3/b17-12-,22-20+. The highest BCUT2D eigenvalue weighted by molar-refractivity contribution is 8.18. The van der Waals surface area contributed by atoms with E-state index in [-0.39, 0.29) is 5.91 Å². The molecule has 1 fully saturated rings. The summed E-state index contributed by atoms with van der Waals surface area (Å²) in [4.78, 5) is 24.0. The van der Waals surface area contributed by atoms with E-state index < -0.39 is 0 Å². The predicted octanol–water partition coefficient (Wildman–Crippen LogP) is 4.03. The summed E-state index contributed by atoms with van der Waals surface area (Å²) in [7, 11) is 3.18. The van der Waals surface area contributed by atoms with Crippen LogP contribution < -0.4 is 9.47 Å². The Morgan fingerprint density at radius 1 is 1.19 bits per heavy atom. The van der Waals surface area contributed by atoms with Gasteiger partial charge in [0.25, 0.3) is 5.91 Å². The number of pyridine rings is 1. The van der Waals surface area contributed by atoms with Gasteiger partial charge in [-0.1, -0.05) is 12.1 Å². The van der Waals surface area contributed by atoms with Crippen molar-refractivity contribution in [3.05, 3.63) is 52.6 Å². The lowest BCUT2D eigenvalue weighted by Gasteiger charge is -2.11. The summed E-state index contributed by atoms with van der Waals surface area (Å²) in [5.74, 6) is 1.79. The lowest BCUT2D eigenvalue weighted by atomic mass is 10.2. The van der Waals surface area contributed by atoms with E-state index in [1.54, 1.807) is 19.1 Å². The Labute approximate surface area is 162 Å². The molecule has 7 heteroatoms. The molecule has 2 aromatic rings. The van der Waals surface area contributed by atoms with Crippen molar-refractivity contribution in [2.75, 3.05) is 20.8 Å². The number of benzene rings is 1. The van der Waals surface area contributed by atoms with Gasteiger partial charge in [-0.2, -0.15) is 0 Å². The fraction of sp³-hybridized carbons (Fsp3) is 0.250. The molecule has 0 saturated carbocycles. The molecule has 1 aromatic heterocycles. The summed E-state index contributed by atoms with van der Waals surface area (Å²) in [6.07, 6.45) is 1.84. The smallest absolute Gasteiger partial charge is 0.266 e. The molecule has 140 valence electrons. The number of hydrogen-bond acceptors (Lipinski definition) is 6. The van der Waals surface area contributed by atoms with Crippen molar-refractivity contribution in [1.29, 1.82) is 0 Å². The van der Waals surface area contributed by atoms with E-state index >= 15 is 0 Å². The van der Waals surface area contributed by atoms with Crippen LogP contribution in [-0.2, 0) is 4.79 Å². The number of carbonyl (C=O) groups is 1. The first kappa shape index (κ1) is 19.0. The summed E-state index contributed by atoms with van der Waals surface area (Å²) >= 11 is 1.35. The fourth-order valence-corrected chi connectivity index (χ4v) is 3.70. The van der Waals surface area contributed by atoms with Crippen molar-refractivity contribution in [3.63, 3.8) is 0 Å². The minimum atomic E-state index is -0.0660. The Balaban J connectivity index is 1.93. The van der Waals surface area contributed by atoms with Crippen LogP contribution in [0.15, 0.2) is 46.3 Å². The van der Waals surface area contributed by atoms with Gasteiger partial charge in [0.1, 0.15) is 0 Å². The maximum Gasteiger partial charge on any atom is 0.266 e. The van der Waals surface area contributed by atoms with Gasteiger partial charge in [-0.3, -0.25) is 9.69 Å². The van der Waals surface area contributed by atoms with Crippen molar-refractivity contribution in [2.24, 2.45) is 4.99 Å². The quantitative estimate of drug-likeness (QED) is 0.730. The molecule has 0 aliphatic carbocycles. The van der Waals surface area contributed by atoms with E-state index in [1.165, 1.54) is 11.8 Å². The molecule has 1 aliphatic heterocycles. The highest BCUT2D eigenvalue weighted by Gasteiger charge is 2.32. The lowest BCUT2D eigenvalue weighted by Crippen LogP contribution is -2.28. The SMILES string of the molecule is CCN1C(=O)/C(=C/c2ccc(OC)c(OC)c2)S/C1=N/c1cccc(C)n1. The third kappa shape index (κ3) is 4.14. The molecule has 6 nitrogen and oxygen atoms in total. The second-order valence-corrected chi connectivity index (χ2v) is 6.82. The lowest BCUT2D eigenvalue weighted by molar-refractivity contribution is -0.122. The van der Waals surface area contributed by atoms with E-state index in [1.807, 2.05) is 56.3 Å². The minimum absolute atomic E-state index is 0.0660. The number of likely N-dealkylation sites (N-methyl/N-ethyl adjacent to an activating group) is 1. The van der Waals surface area contributed by atoms with Gasteiger partial charge >= 0.3 is 0 Å². The average Bonchev–Trinajstić information content (AvgIpc) is 2.95. The third-order valence-corrected chi connectivity index (χ3v) is 5.00. The summed E-state index contributed by atoms with van der Waals surface area (Å²) in [6.45, 7) is 4.38. The molecular formula is C20H21N3O3S. The number of hydrogen-bond donors (Lipinski definition) is 0. The highest BCUT2D eigenvalue weighted by Crippen LogP contribution is 2.35. The Bertz CT molecular complexity index is 924. The van der Waals surface area contributed by atoms with Gasteiger partial charge < -0.3 is 9.47 Å². The molecule has 0 unspecified atom stereocenters. The van der Waals surface area contributed by atoms with E-state index in [9.17, 15) is 4.79 Å². The van der Waals surface area contributed by atoms with Crippen LogP contribution in [0.3, 0.4) is 0 Å². The Kier molecular flexibility index (Phi) is 5.81. The zero-order valence-electron chi connectivity index (χ0n) is 15.7. The number of amidine groups is 1. The summed E-state index contributed by atoms with van der Waals surface area (Å²) in [6, 6.07) is 11.2. The van der Waals surface area contributed by atoms with Gasteiger partial charge in [0.05, 0.1) is 19.1 Å². The van der Waals surface area contributed by atoms with Crippen molar-refractivity contribution in [2.45, 2.75) is 13.8 Å². The van der Waals surface area contributed by atoms with Gasteiger partial charge in [-0.15, -0.1) is 0 Å². The number of ether oxygens (including phenoxy) is 2. The molecule has 0 N–H and O–H groups in total. The van der Waals surface area contributed by atoms with Gasteiger partial charge in [0, 0.05) is 12.2 Å². The van der Waals surface area contributed by atoms with Crippen LogP contribution in [0, 0.1) is 6.92 Å². The topological polar surface area (TPSA) is 64.0 Å². The van der Waals surface area contributed by atoms with Crippen LogP contribution >= 0.6 is 11.8 Å². The number of aromatic nitrogens is 1. The number of aryl methyl sites for hydroxylation is 1. The number of carbonyl (C=O) groups excluding carboxylic acids is 1. The molecule has 0 spiro atoms. The monoisotopic (exact) mass is 383 g/mol. The average molecular weight is 383 g/mol. The zero-order chi connectivity index (χ0) is 19.4. The van der Waals surface area contributed by atoms with Crippen molar-refractivity contribution < 1.29 is 14.3 Å². The molecule has 1 amide bonds. The maximum atomic E-state index is 12.8. The first-order valence-corrected chi connectivity index (χ1v) is 9.33. The van der Waals surface area contributed by atoms with Crippen LogP contribution in [-0.4, -0.2) is 41.7 Å². The Morgan fingerprint density at radius 3 is 2.63 bits per heavy atom. The third-order valence-electron chi connectivity index (χ3n) is 3.99. The maximum absolute atomic E-state index is 12.8. The van der Waals surface area contributed by atoms with Gasteiger partial charge in [-0.25, -0.2) is 9.98 Å². The molecule has 0 radical (unpaired) electrons. The van der Waals surface area contributed by atoms with E-state index in [0.29, 0.717) is 33.9 Å². The Hall–Kier alpha value is -2.80. The first-order chi connectivity index (χ1) is 13.0. The van der Waals surface area contributed by atoms with Crippen LogP contribution in [0.25, 0.3) is 6.08 Å². The van der Waals surface area contributed by atoms with E-state index in [4.69, 9.17) is 9.47 Å². The van der Waals surface area contributed by atoms with Crippen molar-refractivity contribution in [1.82, 2.24) is 9.88 Å². The molecule has 0 bridgehead atoms. The van der Waals surface area contributed by atoms with Crippen LogP contribution in [0.1, 0.15) is 18.2 Å².